The molecule has 0 spiro atoms. The lowest BCUT2D eigenvalue weighted by molar-refractivity contribution is -0.128. The maximum absolute atomic E-state index is 13.7. The molecule has 4 rings (SSSR count). The summed E-state index contributed by atoms with van der Waals surface area (Å²) in [4.78, 5) is 15.8. The number of hydrogen-bond donors (Lipinski definition) is 0. The number of methoxy groups -OCH3 is 3. The van der Waals surface area contributed by atoms with E-state index in [-0.39, 0.29) is 11.9 Å². The van der Waals surface area contributed by atoms with Crippen LogP contribution in [0.3, 0.4) is 0 Å². The van der Waals surface area contributed by atoms with Gasteiger partial charge >= 0.3 is 0 Å². The van der Waals surface area contributed by atoms with Crippen LogP contribution < -0.4 is 14.2 Å². The van der Waals surface area contributed by atoms with Crippen LogP contribution in [0.4, 0.5) is 0 Å². The first-order valence-electron chi connectivity index (χ1n) is 10.2. The molecule has 30 heavy (non-hydrogen) atoms. The molecule has 0 N–H and O–H groups in total. The normalized spacial score (nSPS) is 18.9. The molecule has 1 fully saturated rings. The minimum atomic E-state index is 0.0877. The second-order valence-electron chi connectivity index (χ2n) is 7.62. The molecule has 2 aliphatic rings. The second-order valence-corrected chi connectivity index (χ2v) is 8.48. The molecule has 0 bridgehead atoms. The van der Waals surface area contributed by atoms with E-state index in [0.717, 1.165) is 58.3 Å². The molecule has 1 amide bonds. The molecule has 0 aliphatic carbocycles. The van der Waals surface area contributed by atoms with Gasteiger partial charge < -0.3 is 19.1 Å². The van der Waals surface area contributed by atoms with Crippen molar-refractivity contribution in [1.82, 2.24) is 4.90 Å². The quantitative estimate of drug-likeness (QED) is 0.603. The summed E-state index contributed by atoms with van der Waals surface area (Å²) in [6, 6.07) is 12.0. The molecule has 2 aromatic rings. The van der Waals surface area contributed by atoms with Crippen LogP contribution in [-0.4, -0.2) is 44.7 Å². The van der Waals surface area contributed by atoms with Gasteiger partial charge in [-0.05, 0) is 61.1 Å². The van der Waals surface area contributed by atoms with Crippen LogP contribution in [0.1, 0.15) is 36.8 Å². The zero-order valence-corrected chi connectivity index (χ0v) is 19.1. The van der Waals surface area contributed by atoms with E-state index in [1.807, 2.05) is 36.4 Å². The number of piperidine rings is 1. The van der Waals surface area contributed by atoms with E-state index in [0.29, 0.717) is 11.5 Å². The van der Waals surface area contributed by atoms with Crippen LogP contribution in [0.2, 0.25) is 0 Å². The zero-order valence-electron chi connectivity index (χ0n) is 17.5. The van der Waals surface area contributed by atoms with Crippen molar-refractivity contribution in [2.45, 2.75) is 31.7 Å². The Balaban J connectivity index is 1.92. The lowest BCUT2D eigenvalue weighted by Gasteiger charge is -2.41. The molecule has 158 valence electrons. The van der Waals surface area contributed by atoms with E-state index in [4.69, 9.17) is 14.2 Å². The van der Waals surface area contributed by atoms with Crippen LogP contribution in [0.5, 0.6) is 17.2 Å². The van der Waals surface area contributed by atoms with Gasteiger partial charge in [-0.3, -0.25) is 4.79 Å². The largest absolute Gasteiger partial charge is 0.497 e. The number of halogens is 1. The Morgan fingerprint density at radius 2 is 1.67 bits per heavy atom. The average Bonchev–Trinajstić information content (AvgIpc) is 2.79. The Morgan fingerprint density at radius 1 is 0.967 bits per heavy atom. The second kappa shape index (κ2) is 8.72. The fraction of sp³-hybridized carbons (Fsp3) is 0.375. The number of rotatable bonds is 5. The van der Waals surface area contributed by atoms with E-state index < -0.39 is 0 Å². The van der Waals surface area contributed by atoms with Crippen molar-refractivity contribution in [3.05, 3.63) is 52.0 Å². The monoisotopic (exact) mass is 471 g/mol. The summed E-state index contributed by atoms with van der Waals surface area (Å²) in [5.41, 5.74) is 3.67. The number of benzene rings is 2. The Kier molecular flexibility index (Phi) is 6.04. The van der Waals surface area contributed by atoms with Crippen LogP contribution in [-0.2, 0) is 4.79 Å². The van der Waals surface area contributed by atoms with Gasteiger partial charge in [0.05, 0.1) is 26.9 Å². The summed E-state index contributed by atoms with van der Waals surface area (Å²) in [7, 11) is 4.87. The van der Waals surface area contributed by atoms with Gasteiger partial charge in [0.1, 0.15) is 5.75 Å². The van der Waals surface area contributed by atoms with Crippen molar-refractivity contribution in [3.8, 4) is 17.2 Å². The first kappa shape index (κ1) is 20.8. The molecule has 0 radical (unpaired) electrons. The molecular formula is C24H26BrNO4. The number of ether oxygens (including phenoxy) is 3. The molecule has 0 saturated carbocycles. The molecule has 6 heteroatoms. The minimum Gasteiger partial charge on any atom is -0.497 e. The molecule has 2 heterocycles. The average molecular weight is 472 g/mol. The fourth-order valence-corrected chi connectivity index (χ4v) is 4.99. The summed E-state index contributed by atoms with van der Waals surface area (Å²) < 4.78 is 17.1. The highest BCUT2D eigenvalue weighted by molar-refractivity contribution is 9.10. The number of carbonyl (C=O) groups excluding carboxylic acids is 1. The van der Waals surface area contributed by atoms with Gasteiger partial charge in [-0.1, -0.05) is 28.1 Å². The summed E-state index contributed by atoms with van der Waals surface area (Å²) >= 11 is 3.66. The Morgan fingerprint density at radius 3 is 2.33 bits per heavy atom. The number of hydrogen-bond acceptors (Lipinski definition) is 4. The van der Waals surface area contributed by atoms with Crippen LogP contribution in [0, 0.1) is 0 Å². The third-order valence-electron chi connectivity index (χ3n) is 6.02. The lowest BCUT2D eigenvalue weighted by atomic mass is 9.82. The van der Waals surface area contributed by atoms with Crippen molar-refractivity contribution < 1.29 is 19.0 Å². The number of carbonyl (C=O) groups is 1. The maximum Gasteiger partial charge on any atom is 0.255 e. The van der Waals surface area contributed by atoms with Crippen molar-refractivity contribution in [1.29, 1.82) is 0 Å². The van der Waals surface area contributed by atoms with E-state index in [1.54, 1.807) is 21.3 Å². The number of nitrogens with zero attached hydrogens (tertiary/aromatic N) is 1. The highest BCUT2D eigenvalue weighted by Crippen LogP contribution is 2.44. The van der Waals surface area contributed by atoms with Gasteiger partial charge in [0.15, 0.2) is 11.5 Å². The van der Waals surface area contributed by atoms with Gasteiger partial charge in [0, 0.05) is 22.6 Å². The standard InChI is InChI=1S/C24H26BrNO4/c1-28-17-9-7-15(8-10-17)18-12-16-6-4-5-11-26(16)24(27)23(18)19-13-21(29-2)22(30-3)14-20(19)25/h7-10,13-14,16H,4-6,11-12H2,1-3H3/t16-/m1/s1. The summed E-state index contributed by atoms with van der Waals surface area (Å²) in [5.74, 6) is 2.11. The molecule has 2 aliphatic heterocycles. The summed E-state index contributed by atoms with van der Waals surface area (Å²) in [5, 5.41) is 0. The lowest BCUT2D eigenvalue weighted by Crippen LogP contribution is -2.47. The third kappa shape index (κ3) is 3.69. The Hall–Kier alpha value is -2.47. The topological polar surface area (TPSA) is 48.0 Å². The number of amides is 1. The SMILES string of the molecule is COc1ccc(C2=C(c3cc(OC)c(OC)cc3Br)C(=O)N3CCCC[C@@H]3C2)cc1. The molecule has 0 unspecified atom stereocenters. The highest BCUT2D eigenvalue weighted by Gasteiger charge is 2.37. The van der Waals surface area contributed by atoms with Gasteiger partial charge in [0.2, 0.25) is 0 Å². The van der Waals surface area contributed by atoms with Gasteiger partial charge in [-0.25, -0.2) is 0 Å². The summed E-state index contributed by atoms with van der Waals surface area (Å²) in [6.45, 7) is 0.813. The Labute approximate surface area is 185 Å². The molecule has 1 saturated heterocycles. The Bertz CT molecular complexity index is 983. The van der Waals surface area contributed by atoms with Gasteiger partial charge in [-0.15, -0.1) is 0 Å². The van der Waals surface area contributed by atoms with E-state index in [9.17, 15) is 4.79 Å². The zero-order chi connectivity index (χ0) is 21.3. The molecule has 5 nitrogen and oxygen atoms in total. The van der Waals surface area contributed by atoms with E-state index >= 15 is 0 Å². The van der Waals surface area contributed by atoms with Gasteiger partial charge in [-0.2, -0.15) is 0 Å². The van der Waals surface area contributed by atoms with Crippen LogP contribution >= 0.6 is 15.9 Å². The predicted octanol–water partition coefficient (Wildman–Crippen LogP) is 5.17. The van der Waals surface area contributed by atoms with Gasteiger partial charge in [0.25, 0.3) is 5.91 Å². The van der Waals surface area contributed by atoms with E-state index in [2.05, 4.69) is 20.8 Å². The van der Waals surface area contributed by atoms with Crippen LogP contribution in [0.15, 0.2) is 40.9 Å². The molecule has 2 aromatic carbocycles. The van der Waals surface area contributed by atoms with E-state index in [1.165, 1.54) is 6.42 Å². The first-order chi connectivity index (χ1) is 14.6. The third-order valence-corrected chi connectivity index (χ3v) is 6.68. The molecular weight excluding hydrogens is 446 g/mol. The minimum absolute atomic E-state index is 0.0877. The van der Waals surface area contributed by atoms with Crippen molar-refractivity contribution in [2.75, 3.05) is 27.9 Å². The number of fused-ring (bicyclic) bond motifs is 1. The first-order valence-corrected chi connectivity index (χ1v) is 11.0. The van der Waals surface area contributed by atoms with Crippen molar-refractivity contribution in [3.63, 3.8) is 0 Å². The fourth-order valence-electron chi connectivity index (χ4n) is 4.47. The smallest absolute Gasteiger partial charge is 0.255 e. The van der Waals surface area contributed by atoms with Crippen LogP contribution in [0.25, 0.3) is 11.1 Å². The maximum atomic E-state index is 13.7. The van der Waals surface area contributed by atoms with Crippen molar-refractivity contribution in [2.24, 2.45) is 0 Å². The highest BCUT2D eigenvalue weighted by atomic mass is 79.9. The predicted molar refractivity (Wildman–Crippen MR) is 121 cm³/mol. The molecule has 0 aromatic heterocycles. The molecule has 1 atom stereocenters. The summed E-state index contributed by atoms with van der Waals surface area (Å²) in [6.07, 6.45) is 4.11. The van der Waals surface area contributed by atoms with Crippen molar-refractivity contribution >= 4 is 33.0 Å².